The molecule has 1 saturated carbocycles. The predicted octanol–water partition coefficient (Wildman–Crippen LogP) is 2.67. The number of aromatic nitrogens is 2. The summed E-state index contributed by atoms with van der Waals surface area (Å²) < 4.78 is 0. The first-order chi connectivity index (χ1) is 7.15. The first-order valence-corrected chi connectivity index (χ1v) is 5.83. The zero-order chi connectivity index (χ0) is 10.9. The highest BCUT2D eigenvalue weighted by Crippen LogP contribution is 2.35. The molecule has 0 saturated heterocycles. The van der Waals surface area contributed by atoms with E-state index in [-0.39, 0.29) is 5.54 Å². The highest BCUT2D eigenvalue weighted by molar-refractivity contribution is 6.19. The normalized spacial score (nSPS) is 18.3. The lowest BCUT2D eigenvalue weighted by Crippen LogP contribution is -2.47. The standard InChI is InChI=1S/C11H16ClN3/c1-8-9(2)14-10(6-13-8)15-11(7-12)4-3-5-11/h6H,3-5,7H2,1-2H3,(H,14,15). The van der Waals surface area contributed by atoms with Gasteiger partial charge in [0.25, 0.3) is 0 Å². The van der Waals surface area contributed by atoms with Crippen LogP contribution < -0.4 is 5.32 Å². The second kappa shape index (κ2) is 3.97. The van der Waals surface area contributed by atoms with Crippen molar-refractivity contribution in [3.8, 4) is 0 Å². The first-order valence-electron chi connectivity index (χ1n) is 5.30. The Kier molecular flexibility index (Phi) is 2.83. The van der Waals surface area contributed by atoms with Gasteiger partial charge in [-0.2, -0.15) is 0 Å². The van der Waals surface area contributed by atoms with Gasteiger partial charge in [0.1, 0.15) is 5.82 Å². The highest BCUT2D eigenvalue weighted by atomic mass is 35.5. The van der Waals surface area contributed by atoms with Gasteiger partial charge in [-0.1, -0.05) is 0 Å². The minimum Gasteiger partial charge on any atom is -0.362 e. The van der Waals surface area contributed by atoms with Crippen molar-refractivity contribution in [1.29, 1.82) is 0 Å². The minimum atomic E-state index is 0.0674. The Morgan fingerprint density at radius 2 is 2.13 bits per heavy atom. The van der Waals surface area contributed by atoms with E-state index in [1.807, 2.05) is 13.8 Å². The Morgan fingerprint density at radius 1 is 1.40 bits per heavy atom. The van der Waals surface area contributed by atoms with Gasteiger partial charge < -0.3 is 5.32 Å². The number of rotatable bonds is 3. The van der Waals surface area contributed by atoms with Crippen LogP contribution in [0, 0.1) is 13.8 Å². The molecule has 82 valence electrons. The van der Waals surface area contributed by atoms with Gasteiger partial charge in [-0.25, -0.2) is 4.98 Å². The summed E-state index contributed by atoms with van der Waals surface area (Å²) in [6.45, 7) is 3.94. The molecule has 0 radical (unpaired) electrons. The van der Waals surface area contributed by atoms with E-state index >= 15 is 0 Å². The second-order valence-electron chi connectivity index (χ2n) is 4.32. The summed E-state index contributed by atoms with van der Waals surface area (Å²) in [6.07, 6.45) is 5.29. The molecule has 1 aromatic heterocycles. The fourth-order valence-corrected chi connectivity index (χ4v) is 2.10. The third-order valence-electron chi connectivity index (χ3n) is 3.15. The van der Waals surface area contributed by atoms with E-state index in [1.54, 1.807) is 6.20 Å². The fourth-order valence-electron chi connectivity index (χ4n) is 1.77. The Bertz CT molecular complexity index is 355. The molecular weight excluding hydrogens is 210 g/mol. The van der Waals surface area contributed by atoms with Crippen LogP contribution in [-0.2, 0) is 0 Å². The summed E-state index contributed by atoms with van der Waals surface area (Å²) in [5.74, 6) is 1.49. The van der Waals surface area contributed by atoms with Crippen molar-refractivity contribution < 1.29 is 0 Å². The lowest BCUT2D eigenvalue weighted by molar-refractivity contribution is 0.310. The van der Waals surface area contributed by atoms with Gasteiger partial charge in [0.15, 0.2) is 0 Å². The van der Waals surface area contributed by atoms with E-state index < -0.39 is 0 Å². The lowest BCUT2D eigenvalue weighted by atomic mass is 9.78. The predicted molar refractivity (Wildman–Crippen MR) is 62.4 cm³/mol. The van der Waals surface area contributed by atoms with Crippen LogP contribution in [0.25, 0.3) is 0 Å². The van der Waals surface area contributed by atoms with E-state index in [0.717, 1.165) is 30.0 Å². The quantitative estimate of drug-likeness (QED) is 0.804. The average molecular weight is 226 g/mol. The maximum atomic E-state index is 5.97. The number of aryl methyl sites for hydroxylation is 2. The molecule has 3 nitrogen and oxygen atoms in total. The zero-order valence-corrected chi connectivity index (χ0v) is 9.93. The molecular formula is C11H16ClN3. The highest BCUT2D eigenvalue weighted by Gasteiger charge is 2.36. The third kappa shape index (κ3) is 2.07. The first kappa shape index (κ1) is 10.7. The van der Waals surface area contributed by atoms with Gasteiger partial charge >= 0.3 is 0 Å². The van der Waals surface area contributed by atoms with Gasteiger partial charge in [-0.15, -0.1) is 11.6 Å². The van der Waals surface area contributed by atoms with Crippen LogP contribution in [0.2, 0.25) is 0 Å². The van der Waals surface area contributed by atoms with Crippen molar-refractivity contribution in [1.82, 2.24) is 9.97 Å². The summed E-state index contributed by atoms with van der Waals surface area (Å²) in [6, 6.07) is 0. The van der Waals surface area contributed by atoms with Crippen molar-refractivity contribution in [3.05, 3.63) is 17.6 Å². The Balaban J connectivity index is 2.13. The SMILES string of the molecule is Cc1ncc(NC2(CCl)CCC2)nc1C. The molecule has 1 heterocycles. The number of hydrogen-bond acceptors (Lipinski definition) is 3. The smallest absolute Gasteiger partial charge is 0.145 e. The van der Waals surface area contributed by atoms with Gasteiger partial charge in [-0.05, 0) is 33.1 Å². The third-order valence-corrected chi connectivity index (χ3v) is 3.66. The number of hydrogen-bond donors (Lipinski definition) is 1. The van der Waals surface area contributed by atoms with Crippen molar-refractivity contribution in [2.75, 3.05) is 11.2 Å². The van der Waals surface area contributed by atoms with Gasteiger partial charge in [-0.3, -0.25) is 4.98 Å². The van der Waals surface area contributed by atoms with Gasteiger partial charge in [0.2, 0.25) is 0 Å². The molecule has 0 spiro atoms. The molecule has 0 amide bonds. The maximum absolute atomic E-state index is 5.97. The van der Waals surface area contributed by atoms with Crippen molar-refractivity contribution in [2.24, 2.45) is 0 Å². The van der Waals surface area contributed by atoms with E-state index in [4.69, 9.17) is 11.6 Å². The molecule has 0 aliphatic heterocycles. The number of halogens is 1. The maximum Gasteiger partial charge on any atom is 0.145 e. The lowest BCUT2D eigenvalue weighted by Gasteiger charge is -2.41. The number of nitrogens with zero attached hydrogens (tertiary/aromatic N) is 2. The number of alkyl halides is 1. The monoisotopic (exact) mass is 225 g/mol. The van der Waals surface area contributed by atoms with Gasteiger partial charge in [0, 0.05) is 5.88 Å². The molecule has 0 aromatic carbocycles. The molecule has 1 fully saturated rings. The van der Waals surface area contributed by atoms with Crippen LogP contribution in [0.15, 0.2) is 6.20 Å². The Morgan fingerprint density at radius 3 is 2.60 bits per heavy atom. The molecule has 4 heteroatoms. The van der Waals surface area contributed by atoms with Crippen molar-refractivity contribution >= 4 is 17.4 Å². The number of anilines is 1. The van der Waals surface area contributed by atoms with E-state index in [1.165, 1.54) is 6.42 Å². The van der Waals surface area contributed by atoms with Crippen molar-refractivity contribution in [2.45, 2.75) is 38.6 Å². The van der Waals surface area contributed by atoms with Crippen LogP contribution in [0.5, 0.6) is 0 Å². The Labute approximate surface area is 95.3 Å². The molecule has 0 bridgehead atoms. The number of nitrogens with one attached hydrogen (secondary N) is 1. The summed E-state index contributed by atoms with van der Waals surface area (Å²) in [7, 11) is 0. The fraction of sp³-hybridized carbons (Fsp3) is 0.636. The average Bonchev–Trinajstić information content (AvgIpc) is 2.17. The minimum absolute atomic E-state index is 0.0674. The largest absolute Gasteiger partial charge is 0.362 e. The second-order valence-corrected chi connectivity index (χ2v) is 4.59. The van der Waals surface area contributed by atoms with E-state index in [2.05, 4.69) is 15.3 Å². The van der Waals surface area contributed by atoms with Crippen LogP contribution in [-0.4, -0.2) is 21.4 Å². The van der Waals surface area contributed by atoms with Crippen LogP contribution in [0.3, 0.4) is 0 Å². The van der Waals surface area contributed by atoms with Crippen LogP contribution >= 0.6 is 11.6 Å². The van der Waals surface area contributed by atoms with Gasteiger partial charge in [0.05, 0.1) is 23.1 Å². The summed E-state index contributed by atoms with van der Waals surface area (Å²) in [5, 5.41) is 3.40. The van der Waals surface area contributed by atoms with Crippen LogP contribution in [0.4, 0.5) is 5.82 Å². The Hall–Kier alpha value is -0.830. The molecule has 1 aliphatic rings. The molecule has 2 rings (SSSR count). The van der Waals surface area contributed by atoms with E-state index in [0.29, 0.717) is 5.88 Å². The molecule has 1 aliphatic carbocycles. The van der Waals surface area contributed by atoms with Crippen LogP contribution in [0.1, 0.15) is 30.7 Å². The topological polar surface area (TPSA) is 37.8 Å². The summed E-state index contributed by atoms with van der Waals surface area (Å²) in [5.41, 5.74) is 2.02. The molecule has 15 heavy (non-hydrogen) atoms. The zero-order valence-electron chi connectivity index (χ0n) is 9.18. The summed E-state index contributed by atoms with van der Waals surface area (Å²) >= 11 is 5.97. The van der Waals surface area contributed by atoms with Crippen molar-refractivity contribution in [3.63, 3.8) is 0 Å². The molecule has 1 aromatic rings. The molecule has 0 unspecified atom stereocenters. The van der Waals surface area contributed by atoms with E-state index in [9.17, 15) is 0 Å². The molecule has 0 atom stereocenters. The molecule has 1 N–H and O–H groups in total. The summed E-state index contributed by atoms with van der Waals surface area (Å²) in [4.78, 5) is 8.74.